The Hall–Kier alpha value is -2.37. The zero-order valence-corrected chi connectivity index (χ0v) is 11.5. The van der Waals surface area contributed by atoms with E-state index in [9.17, 15) is 0 Å². The summed E-state index contributed by atoms with van der Waals surface area (Å²) in [6.07, 6.45) is 2.32. The maximum absolute atomic E-state index is 5.14. The quantitative estimate of drug-likeness (QED) is 0.899. The summed E-state index contributed by atoms with van der Waals surface area (Å²) in [5.74, 6) is 1.94. The summed E-state index contributed by atoms with van der Waals surface area (Å²) in [4.78, 5) is 12.9. The van der Waals surface area contributed by atoms with E-state index in [1.807, 2.05) is 24.3 Å². The maximum atomic E-state index is 5.14. The normalized spacial score (nSPS) is 13.9. The van der Waals surface area contributed by atoms with Crippen molar-refractivity contribution in [1.29, 1.82) is 0 Å². The fourth-order valence-corrected chi connectivity index (χ4v) is 1.79. The van der Waals surface area contributed by atoms with E-state index in [1.54, 1.807) is 14.2 Å². The largest absolute Gasteiger partial charge is 0.497 e. The maximum Gasteiger partial charge on any atom is 0.321 e. The smallest absolute Gasteiger partial charge is 0.321 e. The van der Waals surface area contributed by atoms with Crippen molar-refractivity contribution in [3.8, 4) is 23.1 Å². The van der Waals surface area contributed by atoms with E-state index in [1.165, 1.54) is 0 Å². The number of nitrogens with zero attached hydrogens (tertiary/aromatic N) is 3. The van der Waals surface area contributed by atoms with Crippen molar-refractivity contribution in [1.82, 2.24) is 15.0 Å². The van der Waals surface area contributed by atoms with E-state index >= 15 is 0 Å². The SMILES string of the molecule is COc1ccc(-c2nc(NC3CC3)nc(OC)n2)cc1. The molecule has 1 heterocycles. The van der Waals surface area contributed by atoms with Gasteiger partial charge in [-0.3, -0.25) is 0 Å². The van der Waals surface area contributed by atoms with Crippen LogP contribution in [0.3, 0.4) is 0 Å². The summed E-state index contributed by atoms with van der Waals surface area (Å²) in [6.45, 7) is 0. The first-order chi connectivity index (χ1) is 9.78. The number of benzene rings is 1. The molecule has 0 amide bonds. The second kappa shape index (κ2) is 5.32. The highest BCUT2D eigenvalue weighted by atomic mass is 16.5. The molecule has 104 valence electrons. The van der Waals surface area contributed by atoms with Gasteiger partial charge in [-0.05, 0) is 37.1 Å². The minimum absolute atomic E-state index is 0.314. The molecule has 0 bridgehead atoms. The zero-order chi connectivity index (χ0) is 13.9. The van der Waals surface area contributed by atoms with Crippen LogP contribution in [0.1, 0.15) is 12.8 Å². The van der Waals surface area contributed by atoms with Crippen LogP contribution in [0.4, 0.5) is 5.95 Å². The summed E-state index contributed by atoms with van der Waals surface area (Å²) in [5.41, 5.74) is 0.894. The zero-order valence-electron chi connectivity index (χ0n) is 11.5. The molecule has 0 spiro atoms. The van der Waals surface area contributed by atoms with Gasteiger partial charge in [-0.15, -0.1) is 0 Å². The van der Waals surface area contributed by atoms with Gasteiger partial charge >= 0.3 is 6.01 Å². The number of nitrogens with one attached hydrogen (secondary N) is 1. The number of aromatic nitrogens is 3. The molecular formula is C14H16N4O2. The van der Waals surface area contributed by atoms with Gasteiger partial charge in [0.1, 0.15) is 5.75 Å². The third-order valence-corrected chi connectivity index (χ3v) is 3.06. The summed E-state index contributed by atoms with van der Waals surface area (Å²) in [7, 11) is 3.19. The number of hydrogen-bond donors (Lipinski definition) is 1. The summed E-state index contributed by atoms with van der Waals surface area (Å²) in [6, 6.07) is 8.36. The first-order valence-corrected chi connectivity index (χ1v) is 6.49. The lowest BCUT2D eigenvalue weighted by molar-refractivity contribution is 0.379. The van der Waals surface area contributed by atoms with Crippen molar-refractivity contribution < 1.29 is 9.47 Å². The van der Waals surface area contributed by atoms with Gasteiger partial charge in [0, 0.05) is 11.6 Å². The van der Waals surface area contributed by atoms with Crippen molar-refractivity contribution >= 4 is 5.95 Å². The third kappa shape index (κ3) is 2.79. The van der Waals surface area contributed by atoms with Gasteiger partial charge in [0.15, 0.2) is 5.82 Å². The molecule has 6 nitrogen and oxygen atoms in total. The lowest BCUT2D eigenvalue weighted by atomic mass is 10.2. The van der Waals surface area contributed by atoms with E-state index in [2.05, 4.69) is 20.3 Å². The molecule has 0 unspecified atom stereocenters. The second-order valence-corrected chi connectivity index (χ2v) is 4.62. The molecule has 1 fully saturated rings. The number of hydrogen-bond acceptors (Lipinski definition) is 6. The van der Waals surface area contributed by atoms with Gasteiger partial charge in [0.2, 0.25) is 5.95 Å². The molecule has 20 heavy (non-hydrogen) atoms. The minimum atomic E-state index is 0.314. The predicted molar refractivity (Wildman–Crippen MR) is 75.0 cm³/mol. The average Bonchev–Trinajstić information content (AvgIpc) is 3.31. The molecule has 1 aromatic heterocycles. The van der Waals surface area contributed by atoms with Gasteiger partial charge in [-0.1, -0.05) is 0 Å². The Morgan fingerprint density at radius 1 is 1.00 bits per heavy atom. The van der Waals surface area contributed by atoms with E-state index in [-0.39, 0.29) is 0 Å². The molecule has 0 atom stereocenters. The number of anilines is 1. The molecule has 0 saturated heterocycles. The molecule has 1 saturated carbocycles. The number of rotatable bonds is 5. The molecule has 0 aliphatic heterocycles. The van der Waals surface area contributed by atoms with E-state index in [4.69, 9.17) is 9.47 Å². The van der Waals surface area contributed by atoms with Crippen LogP contribution in [0.15, 0.2) is 24.3 Å². The molecule has 6 heteroatoms. The number of ether oxygens (including phenoxy) is 2. The Kier molecular flexibility index (Phi) is 3.37. The lowest BCUT2D eigenvalue weighted by Gasteiger charge is -2.08. The molecule has 1 aromatic carbocycles. The van der Waals surface area contributed by atoms with Crippen molar-refractivity contribution in [3.63, 3.8) is 0 Å². The van der Waals surface area contributed by atoms with Gasteiger partial charge in [-0.2, -0.15) is 15.0 Å². The molecule has 0 radical (unpaired) electrons. The van der Waals surface area contributed by atoms with E-state index < -0.39 is 0 Å². The molecular weight excluding hydrogens is 256 g/mol. The Morgan fingerprint density at radius 3 is 2.35 bits per heavy atom. The summed E-state index contributed by atoms with van der Waals surface area (Å²) >= 11 is 0. The molecule has 1 N–H and O–H groups in total. The fourth-order valence-electron chi connectivity index (χ4n) is 1.79. The number of methoxy groups -OCH3 is 2. The highest BCUT2D eigenvalue weighted by Crippen LogP contribution is 2.25. The van der Waals surface area contributed by atoms with Crippen LogP contribution >= 0.6 is 0 Å². The average molecular weight is 272 g/mol. The van der Waals surface area contributed by atoms with Gasteiger partial charge in [0.25, 0.3) is 0 Å². The Labute approximate surface area is 117 Å². The van der Waals surface area contributed by atoms with Crippen molar-refractivity contribution in [2.24, 2.45) is 0 Å². The topological polar surface area (TPSA) is 69.2 Å². The lowest BCUT2D eigenvalue weighted by Crippen LogP contribution is -2.08. The van der Waals surface area contributed by atoms with Gasteiger partial charge < -0.3 is 14.8 Å². The van der Waals surface area contributed by atoms with E-state index in [0.717, 1.165) is 24.2 Å². The van der Waals surface area contributed by atoms with Crippen LogP contribution in [0.5, 0.6) is 11.8 Å². The second-order valence-electron chi connectivity index (χ2n) is 4.62. The highest BCUT2D eigenvalue weighted by Gasteiger charge is 2.22. The van der Waals surface area contributed by atoms with Gasteiger partial charge in [0.05, 0.1) is 14.2 Å². The highest BCUT2D eigenvalue weighted by molar-refractivity contribution is 5.57. The first-order valence-electron chi connectivity index (χ1n) is 6.49. The fraction of sp³-hybridized carbons (Fsp3) is 0.357. The van der Waals surface area contributed by atoms with Crippen LogP contribution in [0, 0.1) is 0 Å². The Bertz CT molecular complexity index is 597. The van der Waals surface area contributed by atoms with Crippen LogP contribution in [-0.4, -0.2) is 35.2 Å². The van der Waals surface area contributed by atoms with E-state index in [0.29, 0.717) is 23.8 Å². The Morgan fingerprint density at radius 2 is 1.75 bits per heavy atom. The van der Waals surface area contributed by atoms with Crippen molar-refractivity contribution in [3.05, 3.63) is 24.3 Å². The first kappa shape index (κ1) is 12.7. The molecule has 1 aliphatic rings. The molecule has 3 rings (SSSR count). The van der Waals surface area contributed by atoms with Crippen LogP contribution in [0.25, 0.3) is 11.4 Å². The van der Waals surface area contributed by atoms with Crippen molar-refractivity contribution in [2.45, 2.75) is 18.9 Å². The van der Waals surface area contributed by atoms with Crippen LogP contribution in [-0.2, 0) is 0 Å². The van der Waals surface area contributed by atoms with Crippen LogP contribution in [0.2, 0.25) is 0 Å². The standard InChI is InChI=1S/C14H16N4O2/c1-19-11-7-3-9(4-8-11)12-16-13(15-10-5-6-10)18-14(17-12)20-2/h3-4,7-8,10H,5-6H2,1-2H3,(H,15,16,17,18). The summed E-state index contributed by atoms with van der Waals surface area (Å²) < 4.78 is 10.3. The monoisotopic (exact) mass is 272 g/mol. The Balaban J connectivity index is 1.93. The minimum Gasteiger partial charge on any atom is -0.497 e. The summed E-state index contributed by atoms with van der Waals surface area (Å²) in [5, 5.41) is 3.26. The van der Waals surface area contributed by atoms with Crippen molar-refractivity contribution in [2.75, 3.05) is 19.5 Å². The van der Waals surface area contributed by atoms with Gasteiger partial charge in [-0.25, -0.2) is 0 Å². The molecule has 2 aromatic rings. The third-order valence-electron chi connectivity index (χ3n) is 3.06. The predicted octanol–water partition coefficient (Wildman–Crippen LogP) is 2.13. The molecule has 1 aliphatic carbocycles. The van der Waals surface area contributed by atoms with Crippen LogP contribution < -0.4 is 14.8 Å².